The van der Waals surface area contributed by atoms with Gasteiger partial charge in [-0.1, -0.05) is 12.1 Å². The van der Waals surface area contributed by atoms with Gasteiger partial charge in [-0.15, -0.1) is 0 Å². The maximum atomic E-state index is 12.2. The zero-order chi connectivity index (χ0) is 17.5. The largest absolute Gasteiger partial charge is 0.496 e. The lowest BCUT2D eigenvalue weighted by Gasteiger charge is -2.21. The van der Waals surface area contributed by atoms with E-state index in [4.69, 9.17) is 14.2 Å². The highest BCUT2D eigenvalue weighted by atomic mass is 16.5. The highest BCUT2D eigenvalue weighted by Crippen LogP contribution is 2.19. The molecule has 2 amide bonds. The van der Waals surface area contributed by atoms with E-state index in [-0.39, 0.29) is 36.6 Å². The molecule has 0 radical (unpaired) electrons. The first-order chi connectivity index (χ1) is 11.6. The standard InChI is InChI=1S/C16H18N2O6/c1-3-23-15(20)11-8-17-16(21)18-12(11)9-24-14(19)10-6-4-5-7-13(10)22-2/h4-7H,3,8-9H2,1-2H3,(H2,17,18,21). The molecule has 1 aromatic carbocycles. The Morgan fingerprint density at radius 2 is 1.92 bits per heavy atom. The minimum atomic E-state index is -0.629. The number of benzene rings is 1. The molecule has 1 aliphatic rings. The number of methoxy groups -OCH3 is 1. The first kappa shape index (κ1) is 17.3. The lowest BCUT2D eigenvalue weighted by molar-refractivity contribution is -0.138. The van der Waals surface area contributed by atoms with Gasteiger partial charge in [0.1, 0.15) is 17.9 Å². The molecule has 128 valence electrons. The van der Waals surface area contributed by atoms with Crippen molar-refractivity contribution in [2.24, 2.45) is 0 Å². The maximum Gasteiger partial charge on any atom is 0.342 e. The van der Waals surface area contributed by atoms with Crippen molar-refractivity contribution in [1.82, 2.24) is 10.6 Å². The monoisotopic (exact) mass is 334 g/mol. The molecule has 0 bridgehead atoms. The molecule has 8 heteroatoms. The van der Waals surface area contributed by atoms with Gasteiger partial charge in [0, 0.05) is 0 Å². The number of esters is 2. The quantitative estimate of drug-likeness (QED) is 0.752. The zero-order valence-corrected chi connectivity index (χ0v) is 13.4. The van der Waals surface area contributed by atoms with Gasteiger partial charge in [-0.3, -0.25) is 0 Å². The fourth-order valence-electron chi connectivity index (χ4n) is 2.10. The highest BCUT2D eigenvalue weighted by molar-refractivity contribution is 5.95. The van der Waals surface area contributed by atoms with Gasteiger partial charge in [-0.25, -0.2) is 14.4 Å². The molecular formula is C16H18N2O6. The van der Waals surface area contributed by atoms with Crippen LogP contribution in [0.4, 0.5) is 4.79 Å². The second-order valence-corrected chi connectivity index (χ2v) is 4.76. The number of carbonyl (C=O) groups is 3. The Labute approximate surface area is 138 Å². The van der Waals surface area contributed by atoms with E-state index < -0.39 is 18.0 Å². The molecule has 0 unspecified atom stereocenters. The molecule has 24 heavy (non-hydrogen) atoms. The molecule has 1 heterocycles. The van der Waals surface area contributed by atoms with Crippen LogP contribution in [0.5, 0.6) is 5.75 Å². The SMILES string of the molecule is CCOC(=O)C1=C(COC(=O)c2ccccc2OC)NC(=O)NC1. The molecule has 2 N–H and O–H groups in total. The van der Waals surface area contributed by atoms with Gasteiger partial charge >= 0.3 is 18.0 Å². The summed E-state index contributed by atoms with van der Waals surface area (Å²) in [5, 5.41) is 4.93. The van der Waals surface area contributed by atoms with E-state index in [0.29, 0.717) is 5.75 Å². The Balaban J connectivity index is 2.13. The summed E-state index contributed by atoms with van der Waals surface area (Å²) in [6, 6.07) is 6.11. The molecule has 2 rings (SSSR count). The van der Waals surface area contributed by atoms with Crippen LogP contribution in [0.3, 0.4) is 0 Å². The third-order valence-corrected chi connectivity index (χ3v) is 3.25. The molecular weight excluding hydrogens is 316 g/mol. The van der Waals surface area contributed by atoms with Crippen molar-refractivity contribution < 1.29 is 28.6 Å². The Hall–Kier alpha value is -3.03. The number of para-hydroxylation sites is 1. The fraction of sp³-hybridized carbons (Fsp3) is 0.312. The summed E-state index contributed by atoms with van der Waals surface area (Å²) in [6.07, 6.45) is 0. The van der Waals surface area contributed by atoms with Crippen LogP contribution < -0.4 is 15.4 Å². The van der Waals surface area contributed by atoms with Crippen LogP contribution >= 0.6 is 0 Å². The number of rotatable bonds is 6. The van der Waals surface area contributed by atoms with Gasteiger partial charge in [0.05, 0.1) is 31.5 Å². The van der Waals surface area contributed by atoms with Crippen LogP contribution in [0, 0.1) is 0 Å². The summed E-state index contributed by atoms with van der Waals surface area (Å²) in [6.45, 7) is 1.61. The van der Waals surface area contributed by atoms with Crippen LogP contribution in [-0.2, 0) is 14.3 Å². The van der Waals surface area contributed by atoms with Crippen molar-refractivity contribution in [2.75, 3.05) is 26.9 Å². The van der Waals surface area contributed by atoms with Crippen LogP contribution in [0.2, 0.25) is 0 Å². The lowest BCUT2D eigenvalue weighted by atomic mass is 10.1. The average Bonchev–Trinajstić information content (AvgIpc) is 2.59. The summed E-state index contributed by atoms with van der Waals surface area (Å²) in [7, 11) is 1.44. The van der Waals surface area contributed by atoms with E-state index in [1.54, 1.807) is 31.2 Å². The molecule has 1 aromatic rings. The van der Waals surface area contributed by atoms with Gasteiger partial charge in [-0.05, 0) is 19.1 Å². The zero-order valence-electron chi connectivity index (χ0n) is 13.4. The average molecular weight is 334 g/mol. The van der Waals surface area contributed by atoms with Gasteiger partial charge in [0.2, 0.25) is 0 Å². The summed E-state index contributed by atoms with van der Waals surface area (Å²) in [5.41, 5.74) is 0.656. The van der Waals surface area contributed by atoms with E-state index in [0.717, 1.165) is 0 Å². The Morgan fingerprint density at radius 3 is 2.62 bits per heavy atom. The molecule has 0 atom stereocenters. The van der Waals surface area contributed by atoms with Crippen LogP contribution in [0.25, 0.3) is 0 Å². The number of urea groups is 1. The summed E-state index contributed by atoms with van der Waals surface area (Å²) < 4.78 is 15.2. The van der Waals surface area contributed by atoms with E-state index in [2.05, 4.69) is 10.6 Å². The number of carbonyl (C=O) groups excluding carboxylic acids is 3. The second kappa shape index (κ2) is 8.00. The van der Waals surface area contributed by atoms with Gasteiger partial charge in [0.15, 0.2) is 0 Å². The van der Waals surface area contributed by atoms with E-state index in [1.165, 1.54) is 7.11 Å². The summed E-state index contributed by atoms with van der Waals surface area (Å²) >= 11 is 0. The Bertz CT molecular complexity index is 683. The lowest BCUT2D eigenvalue weighted by Crippen LogP contribution is -2.45. The van der Waals surface area contributed by atoms with E-state index in [1.807, 2.05) is 0 Å². The Kier molecular flexibility index (Phi) is 5.78. The van der Waals surface area contributed by atoms with Crippen molar-refractivity contribution in [3.05, 3.63) is 41.1 Å². The molecule has 0 saturated heterocycles. The van der Waals surface area contributed by atoms with Crippen LogP contribution in [-0.4, -0.2) is 44.8 Å². The number of nitrogens with one attached hydrogen (secondary N) is 2. The van der Waals surface area contributed by atoms with Crippen molar-refractivity contribution >= 4 is 18.0 Å². The predicted octanol–water partition coefficient (Wildman–Crippen LogP) is 0.982. The van der Waals surface area contributed by atoms with Crippen molar-refractivity contribution in [2.45, 2.75) is 6.92 Å². The first-order valence-electron chi connectivity index (χ1n) is 7.31. The molecule has 0 aliphatic carbocycles. The smallest absolute Gasteiger partial charge is 0.342 e. The third kappa shape index (κ3) is 4.03. The second-order valence-electron chi connectivity index (χ2n) is 4.76. The molecule has 0 saturated carbocycles. The van der Waals surface area contributed by atoms with E-state index >= 15 is 0 Å². The fourth-order valence-corrected chi connectivity index (χ4v) is 2.10. The Morgan fingerprint density at radius 1 is 1.17 bits per heavy atom. The number of hydrogen-bond acceptors (Lipinski definition) is 6. The van der Waals surface area contributed by atoms with Gasteiger partial charge < -0.3 is 24.8 Å². The van der Waals surface area contributed by atoms with Crippen molar-refractivity contribution in [3.63, 3.8) is 0 Å². The number of hydrogen-bond donors (Lipinski definition) is 2. The van der Waals surface area contributed by atoms with Crippen molar-refractivity contribution in [1.29, 1.82) is 0 Å². The molecule has 8 nitrogen and oxygen atoms in total. The first-order valence-corrected chi connectivity index (χ1v) is 7.31. The molecule has 0 aromatic heterocycles. The topological polar surface area (TPSA) is 103 Å². The molecule has 1 aliphatic heterocycles. The van der Waals surface area contributed by atoms with E-state index in [9.17, 15) is 14.4 Å². The summed E-state index contributed by atoms with van der Waals surface area (Å²) in [5.74, 6) is -0.833. The van der Waals surface area contributed by atoms with Gasteiger partial charge in [-0.2, -0.15) is 0 Å². The van der Waals surface area contributed by atoms with Crippen molar-refractivity contribution in [3.8, 4) is 5.75 Å². The van der Waals surface area contributed by atoms with Crippen LogP contribution in [0.1, 0.15) is 17.3 Å². The highest BCUT2D eigenvalue weighted by Gasteiger charge is 2.25. The maximum absolute atomic E-state index is 12.2. The normalized spacial score (nSPS) is 13.7. The minimum absolute atomic E-state index is 0.00616. The molecule has 0 spiro atoms. The van der Waals surface area contributed by atoms with Crippen LogP contribution in [0.15, 0.2) is 35.5 Å². The predicted molar refractivity (Wildman–Crippen MR) is 83.5 cm³/mol. The van der Waals surface area contributed by atoms with Gasteiger partial charge in [0.25, 0.3) is 0 Å². The number of ether oxygens (including phenoxy) is 3. The molecule has 0 fully saturated rings. The third-order valence-electron chi connectivity index (χ3n) is 3.25. The minimum Gasteiger partial charge on any atom is -0.496 e. The number of amides is 2. The summed E-state index contributed by atoms with van der Waals surface area (Å²) in [4.78, 5) is 35.5.